The lowest BCUT2D eigenvalue weighted by molar-refractivity contribution is -0.139. The number of aliphatic carboxylic acids is 1. The second kappa shape index (κ2) is 6.76. The van der Waals surface area contributed by atoms with Crippen LogP contribution >= 0.6 is 24.2 Å². The largest absolute Gasteiger partial charge is 0.480 e. The summed E-state index contributed by atoms with van der Waals surface area (Å²) in [6, 6.07) is -0.715. The van der Waals surface area contributed by atoms with Crippen LogP contribution in [0.4, 0.5) is 0 Å². The molecule has 11 heavy (non-hydrogen) atoms. The highest BCUT2D eigenvalue weighted by Crippen LogP contribution is 2.07. The summed E-state index contributed by atoms with van der Waals surface area (Å²) >= 11 is 1.61. The highest BCUT2D eigenvalue weighted by atomic mass is 35.5. The molecule has 0 radical (unpaired) electrons. The third-order valence-corrected chi connectivity index (χ3v) is 2.19. The van der Waals surface area contributed by atoms with Gasteiger partial charge in [-0.3, -0.25) is 4.79 Å². The first-order valence-corrected chi connectivity index (χ1v) is 4.46. The zero-order valence-corrected chi connectivity index (χ0v) is 8.24. The molecule has 2 unspecified atom stereocenters. The van der Waals surface area contributed by atoms with E-state index in [2.05, 4.69) is 0 Å². The van der Waals surface area contributed by atoms with E-state index in [0.717, 1.165) is 5.75 Å². The van der Waals surface area contributed by atoms with E-state index in [0.29, 0.717) is 0 Å². The third-order valence-electron chi connectivity index (χ3n) is 1.33. The Labute approximate surface area is 77.1 Å². The summed E-state index contributed by atoms with van der Waals surface area (Å²) in [6.07, 6.45) is 1.94. The van der Waals surface area contributed by atoms with E-state index in [1.807, 2.05) is 13.2 Å². The second-order valence-corrected chi connectivity index (χ2v) is 3.21. The summed E-state index contributed by atoms with van der Waals surface area (Å²) in [6.45, 7) is 1.84. The molecule has 3 nitrogen and oxygen atoms in total. The van der Waals surface area contributed by atoms with Gasteiger partial charge in [0.2, 0.25) is 0 Å². The van der Waals surface area contributed by atoms with Gasteiger partial charge in [-0.25, -0.2) is 0 Å². The Morgan fingerprint density at radius 3 is 2.45 bits per heavy atom. The quantitative estimate of drug-likeness (QED) is 0.704. The minimum Gasteiger partial charge on any atom is -0.480 e. The zero-order valence-electron chi connectivity index (χ0n) is 6.61. The number of thioether (sulfide) groups is 1. The van der Waals surface area contributed by atoms with Crippen molar-refractivity contribution in [1.82, 2.24) is 0 Å². The number of carbonyl (C=O) groups is 1. The van der Waals surface area contributed by atoms with Crippen LogP contribution in [0.5, 0.6) is 0 Å². The summed E-state index contributed by atoms with van der Waals surface area (Å²) in [5, 5.41) is 8.44. The van der Waals surface area contributed by atoms with Gasteiger partial charge in [-0.2, -0.15) is 11.8 Å². The number of hydrogen-bond acceptors (Lipinski definition) is 3. The average Bonchev–Trinajstić information content (AvgIpc) is 1.87. The first-order chi connectivity index (χ1) is 4.59. The molecule has 0 aliphatic carbocycles. The van der Waals surface area contributed by atoms with Gasteiger partial charge in [0, 0.05) is 0 Å². The van der Waals surface area contributed by atoms with Crippen molar-refractivity contribution in [3.05, 3.63) is 0 Å². The highest BCUT2D eigenvalue weighted by molar-refractivity contribution is 7.98. The maximum Gasteiger partial charge on any atom is 0.320 e. The first-order valence-electron chi connectivity index (χ1n) is 3.07. The van der Waals surface area contributed by atoms with Crippen molar-refractivity contribution in [2.45, 2.75) is 13.0 Å². The Kier molecular flexibility index (Phi) is 8.39. The maximum atomic E-state index is 10.3. The second-order valence-electron chi connectivity index (χ2n) is 2.30. The average molecular weight is 200 g/mol. The number of hydrogen-bond donors (Lipinski definition) is 2. The molecule has 0 aliphatic heterocycles. The topological polar surface area (TPSA) is 63.3 Å². The van der Waals surface area contributed by atoms with E-state index in [1.54, 1.807) is 11.8 Å². The summed E-state index contributed by atoms with van der Waals surface area (Å²) < 4.78 is 0. The van der Waals surface area contributed by atoms with Crippen molar-refractivity contribution in [2.24, 2.45) is 11.7 Å². The van der Waals surface area contributed by atoms with E-state index in [4.69, 9.17) is 10.8 Å². The fourth-order valence-electron chi connectivity index (χ4n) is 0.610. The van der Waals surface area contributed by atoms with Crippen LogP contribution in [-0.2, 0) is 4.79 Å². The van der Waals surface area contributed by atoms with Crippen molar-refractivity contribution < 1.29 is 9.90 Å². The lowest BCUT2D eigenvalue weighted by atomic mass is 10.1. The maximum absolute atomic E-state index is 10.3. The Balaban J connectivity index is 0. The van der Waals surface area contributed by atoms with Gasteiger partial charge in [0.15, 0.2) is 0 Å². The van der Waals surface area contributed by atoms with Gasteiger partial charge in [0.05, 0.1) is 0 Å². The van der Waals surface area contributed by atoms with Gasteiger partial charge in [0.1, 0.15) is 6.04 Å². The van der Waals surface area contributed by atoms with Crippen molar-refractivity contribution in [1.29, 1.82) is 0 Å². The Morgan fingerprint density at radius 2 is 2.18 bits per heavy atom. The van der Waals surface area contributed by atoms with Gasteiger partial charge in [-0.1, -0.05) is 6.92 Å². The molecular formula is C6H14ClNO2S. The third kappa shape index (κ3) is 5.35. The fourth-order valence-corrected chi connectivity index (χ4v) is 1.34. The van der Waals surface area contributed by atoms with Gasteiger partial charge >= 0.3 is 5.97 Å². The van der Waals surface area contributed by atoms with E-state index < -0.39 is 12.0 Å². The lowest BCUT2D eigenvalue weighted by Gasteiger charge is -2.13. The van der Waals surface area contributed by atoms with Gasteiger partial charge in [-0.05, 0) is 17.9 Å². The SMILES string of the molecule is CSCC(C)C(N)C(=O)O.Cl. The molecule has 68 valence electrons. The highest BCUT2D eigenvalue weighted by Gasteiger charge is 2.18. The smallest absolute Gasteiger partial charge is 0.320 e. The molecular weight excluding hydrogens is 186 g/mol. The molecule has 0 aliphatic rings. The van der Waals surface area contributed by atoms with Crippen molar-refractivity contribution in [2.75, 3.05) is 12.0 Å². The number of nitrogens with two attached hydrogens (primary N) is 1. The fraction of sp³-hybridized carbons (Fsp3) is 0.833. The molecule has 0 saturated carbocycles. The van der Waals surface area contributed by atoms with Crippen LogP contribution in [0, 0.1) is 5.92 Å². The van der Waals surface area contributed by atoms with Crippen LogP contribution in [0.3, 0.4) is 0 Å². The molecule has 0 aromatic carbocycles. The summed E-state index contributed by atoms with van der Waals surface area (Å²) in [5.74, 6) is -0.0675. The molecule has 0 fully saturated rings. The summed E-state index contributed by atoms with van der Waals surface area (Å²) in [5.41, 5.74) is 5.33. The predicted octanol–water partition coefficient (Wildman–Crippen LogP) is 0.819. The molecule has 5 heteroatoms. The Hall–Kier alpha value is 0.0700. The molecule has 2 atom stereocenters. The molecule has 0 amide bonds. The normalized spacial score (nSPS) is 14.8. The minimum atomic E-state index is -0.915. The van der Waals surface area contributed by atoms with Gasteiger partial charge in [-0.15, -0.1) is 12.4 Å². The van der Waals surface area contributed by atoms with Crippen LogP contribution < -0.4 is 5.73 Å². The molecule has 0 aromatic rings. The van der Waals surface area contributed by atoms with Crippen molar-refractivity contribution in [3.63, 3.8) is 0 Å². The zero-order chi connectivity index (χ0) is 8.15. The number of halogens is 1. The molecule has 0 rings (SSSR count). The van der Waals surface area contributed by atoms with Crippen LogP contribution in [0.1, 0.15) is 6.92 Å². The van der Waals surface area contributed by atoms with E-state index in [1.165, 1.54) is 0 Å². The van der Waals surface area contributed by atoms with Gasteiger partial charge < -0.3 is 10.8 Å². The monoisotopic (exact) mass is 199 g/mol. The molecule has 0 aromatic heterocycles. The van der Waals surface area contributed by atoms with E-state index in [-0.39, 0.29) is 18.3 Å². The predicted molar refractivity (Wildman–Crippen MR) is 50.4 cm³/mol. The van der Waals surface area contributed by atoms with Crippen LogP contribution in [0.2, 0.25) is 0 Å². The first kappa shape index (κ1) is 13.6. The molecule has 0 bridgehead atoms. The lowest BCUT2D eigenvalue weighted by Crippen LogP contribution is -2.37. The minimum absolute atomic E-state index is 0. The van der Waals surface area contributed by atoms with E-state index >= 15 is 0 Å². The number of carboxylic acid groups (broad SMARTS) is 1. The molecule has 0 heterocycles. The van der Waals surface area contributed by atoms with Gasteiger partial charge in [0.25, 0.3) is 0 Å². The summed E-state index contributed by atoms with van der Waals surface area (Å²) in [4.78, 5) is 10.3. The number of rotatable bonds is 4. The Bertz CT molecular complexity index is 123. The standard InChI is InChI=1S/C6H13NO2S.ClH/c1-4(3-10-2)5(7)6(8)9;/h4-5H,3,7H2,1-2H3,(H,8,9);1H. The molecule has 0 saturated heterocycles. The van der Waals surface area contributed by atoms with E-state index in [9.17, 15) is 4.79 Å². The number of carboxylic acids is 1. The molecule has 0 spiro atoms. The Morgan fingerprint density at radius 1 is 1.73 bits per heavy atom. The van der Waals surface area contributed by atoms with Crippen LogP contribution in [-0.4, -0.2) is 29.1 Å². The van der Waals surface area contributed by atoms with Crippen molar-refractivity contribution >= 4 is 30.1 Å². The summed E-state index contributed by atoms with van der Waals surface area (Å²) in [7, 11) is 0. The van der Waals surface area contributed by atoms with Crippen molar-refractivity contribution in [3.8, 4) is 0 Å². The van der Waals surface area contributed by atoms with Crippen LogP contribution in [0.25, 0.3) is 0 Å². The molecule has 3 N–H and O–H groups in total. The van der Waals surface area contributed by atoms with Crippen LogP contribution in [0.15, 0.2) is 0 Å².